The van der Waals surface area contributed by atoms with Crippen LogP contribution in [0.5, 0.6) is 0 Å². The highest BCUT2D eigenvalue weighted by molar-refractivity contribution is 7.01. The van der Waals surface area contributed by atoms with Crippen LogP contribution in [0.25, 0.3) is 0 Å². The molecule has 1 heterocycles. The van der Waals surface area contributed by atoms with Crippen LogP contribution >= 0.6 is 11.5 Å². The summed E-state index contributed by atoms with van der Waals surface area (Å²) in [6, 6.07) is 2.01. The topological polar surface area (TPSA) is 3.88 Å². The maximum atomic E-state index is 5.49. The Hall–Kier alpha value is -0.240. The summed E-state index contributed by atoms with van der Waals surface area (Å²) >= 11 is 1.65. The van der Waals surface area contributed by atoms with Gasteiger partial charge in [0.1, 0.15) is 11.5 Å². The Morgan fingerprint density at radius 3 is 2.08 bits per heavy atom. The molecule has 0 aliphatic rings. The third kappa shape index (κ3) is 3.02. The first-order chi connectivity index (χ1) is 5.61. The largest absolute Gasteiger partial charge is 0.182 e. The summed E-state index contributed by atoms with van der Waals surface area (Å²) in [4.78, 5) is 1.23. The lowest BCUT2D eigenvalue weighted by Gasteiger charge is -1.93. The van der Waals surface area contributed by atoms with Crippen LogP contribution in [-0.2, 0) is 7.05 Å². The average Bonchev–Trinajstić information content (AvgIpc) is 2.34. The fourth-order valence-corrected chi connectivity index (χ4v) is 1.79. The van der Waals surface area contributed by atoms with Crippen molar-refractivity contribution in [1.29, 1.82) is 0 Å². The van der Waals surface area contributed by atoms with Gasteiger partial charge in [-0.25, -0.2) is 0 Å². The lowest BCUT2D eigenvalue weighted by molar-refractivity contribution is -0.608. The van der Waals surface area contributed by atoms with Gasteiger partial charge in [0, 0.05) is 6.07 Å². The molecule has 0 N–H and O–H groups in total. The SMILES string of the molecule is CC.[B]C([B])c1cc(C)s[n+]1C. The molecule has 0 unspecified atom stereocenters. The van der Waals surface area contributed by atoms with E-state index in [1.807, 2.05) is 37.8 Å². The lowest BCUT2D eigenvalue weighted by Crippen LogP contribution is -2.29. The second kappa shape index (κ2) is 5.41. The summed E-state index contributed by atoms with van der Waals surface area (Å²) in [6.45, 7) is 6.04. The van der Waals surface area contributed by atoms with E-state index in [2.05, 4.69) is 0 Å². The fourth-order valence-electron chi connectivity index (χ4n) is 0.900. The van der Waals surface area contributed by atoms with E-state index < -0.39 is 0 Å². The first-order valence-corrected chi connectivity index (χ1v) is 4.86. The van der Waals surface area contributed by atoms with E-state index in [1.165, 1.54) is 4.88 Å². The normalized spacial score (nSPS) is 9.42. The van der Waals surface area contributed by atoms with Crippen LogP contribution in [0.2, 0.25) is 0 Å². The molecule has 62 valence electrons. The van der Waals surface area contributed by atoms with Gasteiger partial charge in [-0.1, -0.05) is 13.8 Å². The molecule has 1 aromatic heterocycles. The highest BCUT2D eigenvalue weighted by atomic mass is 32.1. The van der Waals surface area contributed by atoms with Gasteiger partial charge in [-0.2, -0.15) is 0 Å². The second-order valence-corrected chi connectivity index (χ2v) is 3.67. The van der Waals surface area contributed by atoms with Crippen molar-refractivity contribution in [2.45, 2.75) is 26.5 Å². The van der Waals surface area contributed by atoms with Crippen molar-refractivity contribution >= 4 is 27.2 Å². The molecule has 0 saturated heterocycles. The Kier molecular flexibility index (Phi) is 5.31. The third-order valence-corrected chi connectivity index (χ3v) is 2.23. The summed E-state index contributed by atoms with van der Waals surface area (Å²) in [5.74, 6) is 0. The van der Waals surface area contributed by atoms with Crippen molar-refractivity contribution in [2.75, 3.05) is 0 Å². The van der Waals surface area contributed by atoms with Crippen LogP contribution in [-0.4, -0.2) is 15.7 Å². The molecule has 4 radical (unpaired) electrons. The molecule has 0 aromatic carbocycles. The molecule has 1 aromatic rings. The van der Waals surface area contributed by atoms with Gasteiger partial charge in [-0.05, 0) is 12.6 Å². The van der Waals surface area contributed by atoms with Crippen LogP contribution in [0.4, 0.5) is 0 Å². The molecule has 0 aliphatic heterocycles. The molecule has 12 heavy (non-hydrogen) atoms. The van der Waals surface area contributed by atoms with Crippen LogP contribution in [0.15, 0.2) is 6.07 Å². The van der Waals surface area contributed by atoms with E-state index in [0.29, 0.717) is 0 Å². The van der Waals surface area contributed by atoms with E-state index in [0.717, 1.165) is 5.69 Å². The van der Waals surface area contributed by atoms with Crippen LogP contribution in [0.3, 0.4) is 0 Å². The van der Waals surface area contributed by atoms with Crippen LogP contribution < -0.4 is 3.96 Å². The summed E-state index contributed by atoms with van der Waals surface area (Å²) in [7, 11) is 12.9. The summed E-state index contributed by atoms with van der Waals surface area (Å²) in [6.07, 6.45) is 0. The number of aryl methyl sites for hydroxylation is 2. The van der Waals surface area contributed by atoms with Gasteiger partial charge in [-0.3, -0.25) is 0 Å². The van der Waals surface area contributed by atoms with Gasteiger partial charge in [-0.15, -0.1) is 3.96 Å². The number of rotatable bonds is 1. The van der Waals surface area contributed by atoms with Gasteiger partial charge in [0.25, 0.3) is 0 Å². The minimum Gasteiger partial charge on any atom is -0.142 e. The molecule has 0 saturated carbocycles. The quantitative estimate of drug-likeness (QED) is 0.449. The predicted molar refractivity (Wildman–Crippen MR) is 55.8 cm³/mol. The Balaban J connectivity index is 0.000000561. The smallest absolute Gasteiger partial charge is 0.142 e. The average molecular weight is 178 g/mol. The molecule has 4 heteroatoms. The highest BCUT2D eigenvalue weighted by Crippen LogP contribution is 2.09. The third-order valence-electron chi connectivity index (χ3n) is 1.34. The van der Waals surface area contributed by atoms with E-state index in [1.54, 1.807) is 11.5 Å². The van der Waals surface area contributed by atoms with Gasteiger partial charge in [0.2, 0.25) is 0 Å². The minimum atomic E-state index is -0.352. The molecular formula is C8H14B2NS+. The molecule has 0 fully saturated rings. The van der Waals surface area contributed by atoms with Crippen LogP contribution in [0.1, 0.15) is 30.1 Å². The second-order valence-electron chi connectivity index (χ2n) is 2.29. The Labute approximate surface area is 81.8 Å². The summed E-state index contributed by atoms with van der Waals surface area (Å²) in [5, 5.41) is 0. The molecule has 0 bridgehead atoms. The molecule has 0 amide bonds. The zero-order chi connectivity index (χ0) is 9.72. The lowest BCUT2D eigenvalue weighted by atomic mass is 9.69. The maximum absolute atomic E-state index is 5.49. The van der Waals surface area contributed by atoms with Crippen LogP contribution in [0, 0.1) is 6.92 Å². The highest BCUT2D eigenvalue weighted by Gasteiger charge is 2.13. The standard InChI is InChI=1S/C6H8B2NS.C2H6/c1-4-3-5(6(7)8)9(2)10-4;1-2/h3,6H,1-2H3;1-2H3/q+1;. The Morgan fingerprint density at radius 1 is 1.42 bits per heavy atom. The Morgan fingerprint density at radius 2 is 1.92 bits per heavy atom. The van der Waals surface area contributed by atoms with E-state index >= 15 is 0 Å². The molecule has 1 nitrogen and oxygen atoms in total. The van der Waals surface area contributed by atoms with Crippen molar-refractivity contribution in [3.8, 4) is 0 Å². The van der Waals surface area contributed by atoms with Gasteiger partial charge < -0.3 is 0 Å². The minimum absolute atomic E-state index is 0.352. The molecule has 1 rings (SSSR count). The van der Waals surface area contributed by atoms with E-state index in [4.69, 9.17) is 15.7 Å². The summed E-state index contributed by atoms with van der Waals surface area (Å²) in [5.41, 5.74) is 0.637. The Bertz CT molecular complexity index is 233. The maximum Gasteiger partial charge on any atom is 0.182 e. The van der Waals surface area contributed by atoms with Gasteiger partial charge in [0.15, 0.2) is 12.7 Å². The zero-order valence-corrected chi connectivity index (χ0v) is 8.98. The predicted octanol–water partition coefficient (Wildman–Crippen LogP) is 1.24. The number of hydrogen-bond acceptors (Lipinski definition) is 1. The first-order valence-electron chi connectivity index (χ1n) is 4.09. The molecule has 0 aliphatic carbocycles. The number of hydrogen-bond donors (Lipinski definition) is 0. The van der Waals surface area contributed by atoms with Crippen molar-refractivity contribution in [1.82, 2.24) is 0 Å². The van der Waals surface area contributed by atoms with Crippen molar-refractivity contribution in [3.63, 3.8) is 0 Å². The number of aromatic nitrogens is 1. The van der Waals surface area contributed by atoms with Crippen molar-refractivity contribution in [2.24, 2.45) is 7.05 Å². The monoisotopic (exact) mass is 178 g/mol. The zero-order valence-electron chi connectivity index (χ0n) is 8.16. The number of nitrogens with zero attached hydrogens (tertiary/aromatic N) is 1. The van der Waals surface area contributed by atoms with Crippen molar-refractivity contribution < 1.29 is 3.96 Å². The van der Waals surface area contributed by atoms with E-state index in [9.17, 15) is 0 Å². The van der Waals surface area contributed by atoms with Gasteiger partial charge >= 0.3 is 0 Å². The molecular weight excluding hydrogens is 164 g/mol. The fraction of sp³-hybridized carbons (Fsp3) is 0.625. The van der Waals surface area contributed by atoms with Gasteiger partial charge in [0.05, 0.1) is 20.6 Å². The summed E-state index contributed by atoms with van der Waals surface area (Å²) < 4.78 is 1.99. The van der Waals surface area contributed by atoms with E-state index in [-0.39, 0.29) is 5.72 Å². The molecule has 0 spiro atoms. The van der Waals surface area contributed by atoms with Crippen molar-refractivity contribution in [3.05, 3.63) is 16.6 Å². The molecule has 0 atom stereocenters. The first kappa shape index (κ1) is 11.8.